The summed E-state index contributed by atoms with van der Waals surface area (Å²) in [6, 6.07) is 18.8. The number of rotatable bonds is 10. The van der Waals surface area contributed by atoms with E-state index in [0.29, 0.717) is 53.6 Å². The Morgan fingerprint density at radius 2 is 1.78 bits per heavy atom. The number of amides is 4. The maximum Gasteiger partial charge on any atom is 0.319 e. The largest absolute Gasteiger partial charge is 0.488 e. The van der Waals surface area contributed by atoms with Gasteiger partial charge >= 0.3 is 6.03 Å². The van der Waals surface area contributed by atoms with Crippen LogP contribution in [-0.4, -0.2) is 77.7 Å². The van der Waals surface area contributed by atoms with Crippen molar-refractivity contribution < 1.29 is 24.2 Å². The number of urea groups is 1. The zero-order valence-electron chi connectivity index (χ0n) is 26.5. The molecule has 1 aliphatic heterocycles. The second-order valence-corrected chi connectivity index (χ2v) is 12.0. The molecule has 4 amide bonds. The van der Waals surface area contributed by atoms with E-state index in [0.717, 1.165) is 5.56 Å². The van der Waals surface area contributed by atoms with Crippen LogP contribution in [0.4, 0.5) is 21.9 Å². The molecule has 45 heavy (non-hydrogen) atoms. The van der Waals surface area contributed by atoms with E-state index in [1.165, 1.54) is 0 Å². The number of carbonyl (C=O) groups is 3. The molecular formula is C34H44N6O5. The van der Waals surface area contributed by atoms with Gasteiger partial charge in [0.15, 0.2) is 0 Å². The van der Waals surface area contributed by atoms with E-state index in [9.17, 15) is 19.5 Å². The van der Waals surface area contributed by atoms with Gasteiger partial charge in [-0.05, 0) is 75.8 Å². The lowest BCUT2D eigenvalue weighted by molar-refractivity contribution is 0.0341. The second-order valence-electron chi connectivity index (χ2n) is 12.0. The van der Waals surface area contributed by atoms with Crippen LogP contribution < -0.4 is 26.4 Å². The van der Waals surface area contributed by atoms with Crippen molar-refractivity contribution >= 4 is 34.9 Å². The number of carbonyl (C=O) groups excluding carboxylic acids is 3. The first kappa shape index (κ1) is 33.3. The van der Waals surface area contributed by atoms with Crippen molar-refractivity contribution in [2.45, 2.75) is 52.4 Å². The highest BCUT2D eigenvalue weighted by atomic mass is 16.5. The SMILES string of the molecule is CC(C)NC(=O)Nc1ccc2c(c1)C(=O)N([C@@H](C)CO)C[C@H](C)[C@@H](CN(C)Cc1ccc(C(=O)Nc3ccccc3N)cc1)O2. The third-order valence-electron chi connectivity index (χ3n) is 7.71. The van der Waals surface area contributed by atoms with Gasteiger partial charge in [-0.3, -0.25) is 14.5 Å². The number of nitrogens with one attached hydrogen (secondary N) is 3. The Bertz CT molecular complexity index is 1490. The van der Waals surface area contributed by atoms with E-state index >= 15 is 0 Å². The van der Waals surface area contributed by atoms with E-state index in [1.54, 1.807) is 47.4 Å². The zero-order chi connectivity index (χ0) is 32.7. The lowest BCUT2D eigenvalue weighted by Gasteiger charge is -2.38. The molecule has 0 aromatic heterocycles. The summed E-state index contributed by atoms with van der Waals surface area (Å²) in [4.78, 5) is 42.5. The Labute approximate surface area is 264 Å². The normalized spacial score (nSPS) is 17.2. The smallest absolute Gasteiger partial charge is 0.319 e. The molecular weight excluding hydrogens is 572 g/mol. The molecule has 3 atom stereocenters. The van der Waals surface area contributed by atoms with Gasteiger partial charge in [0, 0.05) is 42.8 Å². The predicted molar refractivity (Wildman–Crippen MR) is 176 cm³/mol. The first-order valence-corrected chi connectivity index (χ1v) is 15.2. The Kier molecular flexibility index (Phi) is 11.0. The summed E-state index contributed by atoms with van der Waals surface area (Å²) < 4.78 is 6.49. The van der Waals surface area contributed by atoms with E-state index in [1.807, 2.05) is 59.0 Å². The average molecular weight is 617 g/mol. The minimum absolute atomic E-state index is 0.0450. The van der Waals surface area contributed by atoms with Crippen molar-refractivity contribution in [2.75, 3.05) is 43.1 Å². The number of anilines is 3. The Hall–Kier alpha value is -4.61. The molecule has 0 spiro atoms. The minimum atomic E-state index is -0.404. The Morgan fingerprint density at radius 1 is 1.07 bits per heavy atom. The number of ether oxygens (including phenoxy) is 1. The monoisotopic (exact) mass is 616 g/mol. The Balaban J connectivity index is 1.47. The van der Waals surface area contributed by atoms with Crippen LogP contribution in [-0.2, 0) is 6.54 Å². The molecule has 3 aromatic rings. The second kappa shape index (κ2) is 14.9. The van der Waals surface area contributed by atoms with Crippen molar-refractivity contribution in [1.29, 1.82) is 0 Å². The average Bonchev–Trinajstić information content (AvgIpc) is 2.99. The third kappa shape index (κ3) is 8.74. The summed E-state index contributed by atoms with van der Waals surface area (Å²) in [5, 5.41) is 18.3. The van der Waals surface area contributed by atoms with Crippen molar-refractivity contribution in [3.8, 4) is 5.75 Å². The molecule has 0 radical (unpaired) electrons. The fourth-order valence-corrected chi connectivity index (χ4v) is 5.20. The van der Waals surface area contributed by atoms with Crippen molar-refractivity contribution in [1.82, 2.24) is 15.1 Å². The van der Waals surface area contributed by atoms with Gasteiger partial charge in [-0.25, -0.2) is 4.79 Å². The van der Waals surface area contributed by atoms with Gasteiger partial charge in [-0.2, -0.15) is 0 Å². The maximum atomic E-state index is 13.7. The highest BCUT2D eigenvalue weighted by Gasteiger charge is 2.33. The number of benzene rings is 3. The summed E-state index contributed by atoms with van der Waals surface area (Å²) in [6.07, 6.45) is -0.278. The highest BCUT2D eigenvalue weighted by molar-refractivity contribution is 6.05. The van der Waals surface area contributed by atoms with Gasteiger partial charge in [0.2, 0.25) is 0 Å². The summed E-state index contributed by atoms with van der Waals surface area (Å²) >= 11 is 0. The molecule has 0 saturated heterocycles. The van der Waals surface area contributed by atoms with Gasteiger partial charge < -0.3 is 36.4 Å². The van der Waals surface area contributed by atoms with Crippen LogP contribution in [0.2, 0.25) is 0 Å². The standard InChI is InChI=1S/C34H44N6O5/c1-21(2)36-34(44)37-26-14-15-30-27(16-26)33(43)40(23(4)20-41)17-22(3)31(45-30)19-39(5)18-24-10-12-25(13-11-24)32(42)38-29-9-7-6-8-28(29)35/h6-16,21-23,31,41H,17-20,35H2,1-5H3,(H,38,42)(H2,36,37,44)/t22-,23-,31+/m0/s1. The number of aliphatic hydroxyl groups is 1. The van der Waals surface area contributed by atoms with Crippen molar-refractivity contribution in [3.05, 3.63) is 83.4 Å². The number of para-hydroxylation sites is 2. The molecule has 3 aromatic carbocycles. The van der Waals surface area contributed by atoms with Crippen LogP contribution in [0.3, 0.4) is 0 Å². The molecule has 0 aliphatic carbocycles. The van der Waals surface area contributed by atoms with Crippen molar-refractivity contribution in [2.24, 2.45) is 5.92 Å². The minimum Gasteiger partial charge on any atom is -0.488 e. The third-order valence-corrected chi connectivity index (χ3v) is 7.71. The summed E-state index contributed by atoms with van der Waals surface area (Å²) in [5.74, 6) is -0.135. The summed E-state index contributed by atoms with van der Waals surface area (Å²) in [5.41, 5.74) is 9.36. The van der Waals surface area contributed by atoms with E-state index in [-0.39, 0.29) is 42.5 Å². The lowest BCUT2D eigenvalue weighted by atomic mass is 9.99. The maximum absolute atomic E-state index is 13.7. The topological polar surface area (TPSA) is 149 Å². The van der Waals surface area contributed by atoms with Crippen LogP contribution in [0.1, 0.15) is 54.0 Å². The molecule has 11 heteroatoms. The molecule has 6 N–H and O–H groups in total. The van der Waals surface area contributed by atoms with Gasteiger partial charge in [-0.1, -0.05) is 31.2 Å². The fraction of sp³-hybridized carbons (Fsp3) is 0.382. The van der Waals surface area contributed by atoms with E-state index < -0.39 is 6.04 Å². The van der Waals surface area contributed by atoms with E-state index in [4.69, 9.17) is 10.5 Å². The molecule has 0 saturated carbocycles. The van der Waals surface area contributed by atoms with Crippen molar-refractivity contribution in [3.63, 3.8) is 0 Å². The van der Waals surface area contributed by atoms with Crippen LogP contribution >= 0.6 is 0 Å². The predicted octanol–water partition coefficient (Wildman–Crippen LogP) is 4.40. The van der Waals surface area contributed by atoms with Gasteiger partial charge in [0.05, 0.1) is 29.6 Å². The molecule has 1 heterocycles. The molecule has 0 unspecified atom stereocenters. The quantitative estimate of drug-likeness (QED) is 0.212. The first-order chi connectivity index (χ1) is 21.4. The molecule has 0 fully saturated rings. The number of nitrogen functional groups attached to an aromatic ring is 1. The summed E-state index contributed by atoms with van der Waals surface area (Å²) in [7, 11) is 1.99. The van der Waals surface area contributed by atoms with Gasteiger partial charge in [0.1, 0.15) is 11.9 Å². The molecule has 11 nitrogen and oxygen atoms in total. The number of fused-ring (bicyclic) bond motifs is 1. The molecule has 4 rings (SSSR count). The zero-order valence-corrected chi connectivity index (χ0v) is 26.5. The highest BCUT2D eigenvalue weighted by Crippen LogP contribution is 2.31. The number of likely N-dealkylation sites (N-methyl/N-ethyl adjacent to an activating group) is 1. The number of hydrogen-bond donors (Lipinski definition) is 5. The van der Waals surface area contributed by atoms with E-state index in [2.05, 4.69) is 20.9 Å². The first-order valence-electron chi connectivity index (χ1n) is 15.2. The molecule has 240 valence electrons. The lowest BCUT2D eigenvalue weighted by Crippen LogP contribution is -2.49. The number of aliphatic hydroxyl groups excluding tert-OH is 1. The molecule has 1 aliphatic rings. The number of nitrogens with two attached hydrogens (primary N) is 1. The van der Waals surface area contributed by atoms with Gasteiger partial charge in [0.25, 0.3) is 11.8 Å². The Morgan fingerprint density at radius 3 is 2.44 bits per heavy atom. The van der Waals surface area contributed by atoms with Crippen LogP contribution in [0, 0.1) is 5.92 Å². The number of nitrogens with zero attached hydrogens (tertiary/aromatic N) is 2. The summed E-state index contributed by atoms with van der Waals surface area (Å²) in [6.45, 7) is 8.94. The van der Waals surface area contributed by atoms with Crippen LogP contribution in [0.25, 0.3) is 0 Å². The molecule has 0 bridgehead atoms. The van der Waals surface area contributed by atoms with Crippen LogP contribution in [0.5, 0.6) is 5.75 Å². The van der Waals surface area contributed by atoms with Gasteiger partial charge in [-0.15, -0.1) is 0 Å². The van der Waals surface area contributed by atoms with Crippen LogP contribution in [0.15, 0.2) is 66.7 Å². The number of hydrogen-bond acceptors (Lipinski definition) is 7. The fourth-order valence-electron chi connectivity index (χ4n) is 5.20.